The van der Waals surface area contributed by atoms with Crippen molar-refractivity contribution in [3.63, 3.8) is 0 Å². The Bertz CT molecular complexity index is 792. The number of para-hydroxylation sites is 1. The predicted molar refractivity (Wildman–Crippen MR) is 98.8 cm³/mol. The van der Waals surface area contributed by atoms with E-state index in [9.17, 15) is 18.4 Å². The topological polar surface area (TPSA) is 67.4 Å². The molecule has 5 nitrogen and oxygen atoms in total. The van der Waals surface area contributed by atoms with E-state index in [1.807, 2.05) is 0 Å². The molecule has 0 saturated carbocycles. The monoisotopic (exact) mass is 374 g/mol. The molecule has 0 aliphatic heterocycles. The van der Waals surface area contributed by atoms with E-state index in [4.69, 9.17) is 4.74 Å². The van der Waals surface area contributed by atoms with E-state index in [1.165, 1.54) is 0 Å². The van der Waals surface area contributed by atoms with Crippen LogP contribution in [0.4, 0.5) is 14.5 Å². The largest absolute Gasteiger partial charge is 0.488 e. The minimum absolute atomic E-state index is 0.100. The highest BCUT2D eigenvalue weighted by molar-refractivity contribution is 5.99. The van der Waals surface area contributed by atoms with Crippen LogP contribution in [0, 0.1) is 0 Å². The Kier molecular flexibility index (Phi) is 7.49. The number of halogens is 2. The fourth-order valence-corrected chi connectivity index (χ4v) is 2.28. The summed E-state index contributed by atoms with van der Waals surface area (Å²) in [5.41, 5.74) is 2.04. The van der Waals surface area contributed by atoms with Crippen LogP contribution in [0.2, 0.25) is 0 Å². The summed E-state index contributed by atoms with van der Waals surface area (Å²) in [5, 5.41) is 5.44. The van der Waals surface area contributed by atoms with Crippen molar-refractivity contribution >= 4 is 17.5 Å². The van der Waals surface area contributed by atoms with E-state index in [0.29, 0.717) is 17.0 Å². The lowest BCUT2D eigenvalue weighted by molar-refractivity contribution is -0.120. The van der Waals surface area contributed by atoms with Crippen LogP contribution in [0.3, 0.4) is 0 Å². The van der Waals surface area contributed by atoms with Crippen molar-refractivity contribution in [2.75, 3.05) is 11.9 Å². The first-order chi connectivity index (χ1) is 13.0. The third kappa shape index (κ3) is 6.89. The summed E-state index contributed by atoms with van der Waals surface area (Å²) in [5.74, 6) is -0.220. The first-order valence-corrected chi connectivity index (χ1v) is 8.26. The van der Waals surface area contributed by atoms with Gasteiger partial charge < -0.3 is 15.4 Å². The van der Waals surface area contributed by atoms with Gasteiger partial charge in [0.1, 0.15) is 12.4 Å². The van der Waals surface area contributed by atoms with Crippen LogP contribution >= 0.6 is 0 Å². The molecule has 0 aliphatic rings. The van der Waals surface area contributed by atoms with Gasteiger partial charge in [-0.1, -0.05) is 36.9 Å². The summed E-state index contributed by atoms with van der Waals surface area (Å²) in [6, 6.07) is 13.5. The van der Waals surface area contributed by atoms with E-state index in [2.05, 4.69) is 17.2 Å². The molecule has 0 heterocycles. The quantitative estimate of drug-likeness (QED) is 0.662. The molecule has 0 aromatic heterocycles. The van der Waals surface area contributed by atoms with Gasteiger partial charge in [0, 0.05) is 12.2 Å². The first kappa shape index (κ1) is 20.1. The number of carbonyl (C=O) groups is 2. The number of ether oxygens (including phenoxy) is 1. The van der Waals surface area contributed by atoms with Crippen LogP contribution in [0.5, 0.6) is 5.75 Å². The molecule has 2 aromatic carbocycles. The van der Waals surface area contributed by atoms with Crippen LogP contribution in [-0.4, -0.2) is 24.8 Å². The number of hydrogen-bond donors (Lipinski definition) is 2. The van der Waals surface area contributed by atoms with E-state index in [-0.39, 0.29) is 24.8 Å². The summed E-state index contributed by atoms with van der Waals surface area (Å²) in [6.07, 6.45) is -1.27. The summed E-state index contributed by atoms with van der Waals surface area (Å²) < 4.78 is 29.1. The number of nitrogens with one attached hydrogen (secondary N) is 2. The van der Waals surface area contributed by atoms with E-state index >= 15 is 0 Å². The van der Waals surface area contributed by atoms with Gasteiger partial charge in [0.25, 0.3) is 6.43 Å². The van der Waals surface area contributed by atoms with Crippen LogP contribution in [-0.2, 0) is 22.6 Å². The molecule has 0 unspecified atom stereocenters. The second kappa shape index (κ2) is 10.1. The average Bonchev–Trinajstić information content (AvgIpc) is 2.67. The third-order valence-electron chi connectivity index (χ3n) is 3.60. The van der Waals surface area contributed by atoms with Crippen molar-refractivity contribution in [3.05, 3.63) is 72.3 Å². The summed E-state index contributed by atoms with van der Waals surface area (Å²) >= 11 is 0. The molecule has 0 saturated heterocycles. The molecule has 0 spiro atoms. The lowest BCUT2D eigenvalue weighted by Gasteiger charge is -2.11. The molecule has 2 rings (SSSR count). The van der Waals surface area contributed by atoms with Gasteiger partial charge in [-0.25, -0.2) is 8.78 Å². The summed E-state index contributed by atoms with van der Waals surface area (Å²) in [7, 11) is 0. The maximum atomic E-state index is 12.2. The average molecular weight is 374 g/mol. The van der Waals surface area contributed by atoms with Gasteiger partial charge in [0.05, 0.1) is 6.42 Å². The summed E-state index contributed by atoms with van der Waals surface area (Å²) in [6.45, 7) is 3.03. The zero-order chi connectivity index (χ0) is 19.6. The molecular weight excluding hydrogens is 354 g/mol. The Labute approximate surface area is 156 Å². The number of rotatable bonds is 9. The Balaban J connectivity index is 1.88. The van der Waals surface area contributed by atoms with Crippen molar-refractivity contribution in [2.45, 2.75) is 19.4 Å². The van der Waals surface area contributed by atoms with Gasteiger partial charge in [-0.3, -0.25) is 9.59 Å². The fourth-order valence-electron chi connectivity index (χ4n) is 2.28. The number of alkyl halides is 2. The van der Waals surface area contributed by atoms with Crippen LogP contribution < -0.4 is 15.4 Å². The molecular formula is C20H20F2N2O3. The number of hydrogen-bond acceptors (Lipinski definition) is 3. The van der Waals surface area contributed by atoms with Crippen molar-refractivity contribution in [3.8, 4) is 5.75 Å². The molecule has 2 aromatic rings. The second-order valence-electron chi connectivity index (χ2n) is 5.65. The van der Waals surface area contributed by atoms with E-state index in [1.54, 1.807) is 48.5 Å². The van der Waals surface area contributed by atoms with Crippen LogP contribution in [0.15, 0.2) is 61.2 Å². The van der Waals surface area contributed by atoms with Crippen LogP contribution in [0.25, 0.3) is 0 Å². The molecule has 0 fully saturated rings. The SMILES string of the molecule is C=CC(=O)Nc1ccccc1CC(=O)NCc1ccc(OCC(F)F)cc1. The molecule has 0 atom stereocenters. The maximum Gasteiger partial charge on any atom is 0.272 e. The highest BCUT2D eigenvalue weighted by Crippen LogP contribution is 2.16. The third-order valence-corrected chi connectivity index (χ3v) is 3.60. The predicted octanol–water partition coefficient (Wildman–Crippen LogP) is 3.31. The number of benzene rings is 2. The number of anilines is 1. The molecule has 0 bridgehead atoms. The van der Waals surface area contributed by atoms with Crippen molar-refractivity contribution < 1.29 is 23.1 Å². The molecule has 27 heavy (non-hydrogen) atoms. The Morgan fingerprint density at radius 1 is 1.11 bits per heavy atom. The molecule has 2 N–H and O–H groups in total. The molecule has 2 amide bonds. The van der Waals surface area contributed by atoms with Gasteiger partial charge in [-0.2, -0.15) is 0 Å². The zero-order valence-corrected chi connectivity index (χ0v) is 14.6. The highest BCUT2D eigenvalue weighted by atomic mass is 19.3. The van der Waals surface area contributed by atoms with Crippen molar-refractivity contribution in [1.29, 1.82) is 0 Å². The second-order valence-corrected chi connectivity index (χ2v) is 5.65. The Morgan fingerprint density at radius 2 is 1.81 bits per heavy atom. The number of carbonyl (C=O) groups excluding carboxylic acids is 2. The van der Waals surface area contributed by atoms with E-state index < -0.39 is 13.0 Å². The normalized spacial score (nSPS) is 10.3. The first-order valence-electron chi connectivity index (χ1n) is 8.26. The van der Waals surface area contributed by atoms with Gasteiger partial charge in [0.2, 0.25) is 11.8 Å². The van der Waals surface area contributed by atoms with Gasteiger partial charge in [-0.15, -0.1) is 0 Å². The fraction of sp³-hybridized carbons (Fsp3) is 0.200. The Morgan fingerprint density at radius 3 is 2.48 bits per heavy atom. The smallest absolute Gasteiger partial charge is 0.272 e. The summed E-state index contributed by atoms with van der Waals surface area (Å²) in [4.78, 5) is 23.6. The van der Waals surface area contributed by atoms with Crippen LogP contribution in [0.1, 0.15) is 11.1 Å². The Hall–Kier alpha value is -3.22. The van der Waals surface area contributed by atoms with Crippen molar-refractivity contribution in [2.24, 2.45) is 0 Å². The van der Waals surface area contributed by atoms with Gasteiger partial charge in [-0.05, 0) is 35.4 Å². The van der Waals surface area contributed by atoms with Gasteiger partial charge >= 0.3 is 0 Å². The standard InChI is InChI=1S/C20H20F2N2O3/c1-2-19(25)24-17-6-4-3-5-15(17)11-20(26)23-12-14-7-9-16(10-8-14)27-13-18(21)22/h2-10,18H,1,11-13H2,(H,23,26)(H,24,25). The molecule has 0 aliphatic carbocycles. The lowest BCUT2D eigenvalue weighted by Crippen LogP contribution is -2.25. The zero-order valence-electron chi connectivity index (χ0n) is 14.6. The minimum Gasteiger partial charge on any atom is -0.488 e. The highest BCUT2D eigenvalue weighted by Gasteiger charge is 2.09. The minimum atomic E-state index is -2.52. The van der Waals surface area contributed by atoms with Gasteiger partial charge in [0.15, 0.2) is 0 Å². The number of amides is 2. The lowest BCUT2D eigenvalue weighted by atomic mass is 10.1. The maximum absolute atomic E-state index is 12.2. The van der Waals surface area contributed by atoms with E-state index in [0.717, 1.165) is 11.6 Å². The molecule has 142 valence electrons. The molecule has 0 radical (unpaired) electrons. The molecule has 7 heteroatoms. The van der Waals surface area contributed by atoms with Crippen molar-refractivity contribution in [1.82, 2.24) is 5.32 Å².